The van der Waals surface area contributed by atoms with Crippen LogP contribution in [-0.4, -0.2) is 30.7 Å². The molecular weight excluding hydrogens is 432 g/mol. The van der Waals surface area contributed by atoms with Crippen molar-refractivity contribution in [1.82, 2.24) is 10.6 Å². The number of aliphatic hydroxyl groups is 1. The minimum atomic E-state index is -0.962. The summed E-state index contributed by atoms with van der Waals surface area (Å²) in [6.45, 7) is 3.52. The maximum absolute atomic E-state index is 13.7. The largest absolute Gasteiger partial charge is 0.386 e. The summed E-state index contributed by atoms with van der Waals surface area (Å²) in [5, 5.41) is 16.5. The maximum Gasteiger partial charge on any atom is 0.191 e. The second-order valence-corrected chi connectivity index (χ2v) is 5.42. The molecule has 0 aromatic heterocycles. The van der Waals surface area contributed by atoms with Crippen LogP contribution in [0.25, 0.3) is 0 Å². The fourth-order valence-electron chi connectivity index (χ4n) is 2.33. The first-order valence-corrected chi connectivity index (χ1v) is 8.19. The Morgan fingerprint density at radius 2 is 1.76 bits per heavy atom. The number of guanidine groups is 1. The van der Waals surface area contributed by atoms with Gasteiger partial charge in [0.2, 0.25) is 0 Å². The van der Waals surface area contributed by atoms with E-state index in [2.05, 4.69) is 27.8 Å². The fraction of sp³-hybridized carbons (Fsp3) is 0.316. The number of aliphatic hydroxyl groups excluding tert-OH is 1. The number of halogens is 2. The summed E-state index contributed by atoms with van der Waals surface area (Å²) in [4.78, 5) is 4.34. The number of rotatable bonds is 7. The highest BCUT2D eigenvalue weighted by atomic mass is 127. The van der Waals surface area contributed by atoms with E-state index < -0.39 is 11.9 Å². The molecule has 2 rings (SSSR count). The van der Waals surface area contributed by atoms with Gasteiger partial charge in [0.1, 0.15) is 11.9 Å². The minimum absolute atomic E-state index is 0. The summed E-state index contributed by atoms with van der Waals surface area (Å²) in [6, 6.07) is 16.4. The van der Waals surface area contributed by atoms with Crippen LogP contribution in [0.5, 0.6) is 0 Å². The number of benzene rings is 2. The van der Waals surface area contributed by atoms with Crippen molar-refractivity contribution in [1.29, 1.82) is 0 Å². The van der Waals surface area contributed by atoms with Crippen LogP contribution in [0.4, 0.5) is 4.39 Å². The zero-order chi connectivity index (χ0) is 17.2. The molecule has 0 saturated heterocycles. The number of nitrogens with one attached hydrogen (secondary N) is 2. The van der Waals surface area contributed by atoms with Crippen LogP contribution in [0.3, 0.4) is 0 Å². The third-order valence-corrected chi connectivity index (χ3v) is 3.58. The Kier molecular flexibility index (Phi) is 10.1. The minimum Gasteiger partial charge on any atom is -0.386 e. The van der Waals surface area contributed by atoms with E-state index in [0.717, 1.165) is 13.0 Å². The Labute approximate surface area is 165 Å². The first kappa shape index (κ1) is 21.4. The summed E-state index contributed by atoms with van der Waals surface area (Å²) in [6.07, 6.45) is -0.0861. The van der Waals surface area contributed by atoms with Crippen molar-refractivity contribution in [2.75, 3.05) is 19.6 Å². The Balaban J connectivity index is 0.00000312. The molecule has 4 nitrogen and oxygen atoms in total. The molecule has 3 N–H and O–H groups in total. The molecular formula is C19H25FIN3O. The van der Waals surface area contributed by atoms with Gasteiger partial charge < -0.3 is 15.7 Å². The molecule has 136 valence electrons. The summed E-state index contributed by atoms with van der Waals surface area (Å²) in [7, 11) is 0. The lowest BCUT2D eigenvalue weighted by molar-refractivity contribution is 0.182. The zero-order valence-electron chi connectivity index (χ0n) is 14.3. The van der Waals surface area contributed by atoms with E-state index in [0.29, 0.717) is 12.5 Å². The monoisotopic (exact) mass is 457 g/mol. The van der Waals surface area contributed by atoms with Gasteiger partial charge in [-0.2, -0.15) is 0 Å². The van der Waals surface area contributed by atoms with E-state index in [-0.39, 0.29) is 36.1 Å². The molecule has 0 aliphatic carbocycles. The van der Waals surface area contributed by atoms with E-state index in [9.17, 15) is 9.50 Å². The van der Waals surface area contributed by atoms with Crippen LogP contribution in [0.1, 0.15) is 24.2 Å². The van der Waals surface area contributed by atoms with E-state index in [4.69, 9.17) is 0 Å². The average Bonchev–Trinajstić information content (AvgIpc) is 2.60. The lowest BCUT2D eigenvalue weighted by Crippen LogP contribution is -2.38. The summed E-state index contributed by atoms with van der Waals surface area (Å²) >= 11 is 0. The SMILES string of the molecule is CCNC(=NCC(O)c1ccccc1F)NCCc1ccccc1.I. The van der Waals surface area contributed by atoms with Crippen LogP contribution >= 0.6 is 24.0 Å². The number of aliphatic imine (C=N–C) groups is 1. The van der Waals surface area contributed by atoms with Crippen LogP contribution in [0.2, 0.25) is 0 Å². The van der Waals surface area contributed by atoms with Gasteiger partial charge in [-0.15, -0.1) is 24.0 Å². The van der Waals surface area contributed by atoms with Gasteiger partial charge in [-0.3, -0.25) is 4.99 Å². The molecule has 0 fully saturated rings. The van der Waals surface area contributed by atoms with Crippen molar-refractivity contribution in [2.24, 2.45) is 4.99 Å². The van der Waals surface area contributed by atoms with Crippen molar-refractivity contribution in [2.45, 2.75) is 19.4 Å². The van der Waals surface area contributed by atoms with Crippen LogP contribution in [-0.2, 0) is 6.42 Å². The third-order valence-electron chi connectivity index (χ3n) is 3.58. The molecule has 1 unspecified atom stereocenters. The second-order valence-electron chi connectivity index (χ2n) is 5.42. The zero-order valence-corrected chi connectivity index (χ0v) is 16.6. The molecule has 0 amide bonds. The van der Waals surface area contributed by atoms with Gasteiger partial charge in [-0.25, -0.2) is 4.39 Å². The highest BCUT2D eigenvalue weighted by molar-refractivity contribution is 14.0. The summed E-state index contributed by atoms with van der Waals surface area (Å²) in [5.41, 5.74) is 1.51. The van der Waals surface area contributed by atoms with E-state index >= 15 is 0 Å². The van der Waals surface area contributed by atoms with Gasteiger partial charge in [0.25, 0.3) is 0 Å². The lowest BCUT2D eigenvalue weighted by atomic mass is 10.1. The predicted octanol–water partition coefficient (Wildman–Crippen LogP) is 3.27. The lowest BCUT2D eigenvalue weighted by Gasteiger charge is -2.13. The number of nitrogens with zero attached hydrogens (tertiary/aromatic N) is 1. The molecule has 0 spiro atoms. The molecule has 0 bridgehead atoms. The van der Waals surface area contributed by atoms with Crippen LogP contribution < -0.4 is 10.6 Å². The van der Waals surface area contributed by atoms with Crippen molar-refractivity contribution in [3.63, 3.8) is 0 Å². The van der Waals surface area contributed by atoms with Crippen molar-refractivity contribution in [3.8, 4) is 0 Å². The van der Waals surface area contributed by atoms with E-state index in [1.165, 1.54) is 11.6 Å². The van der Waals surface area contributed by atoms with Crippen molar-refractivity contribution in [3.05, 3.63) is 71.5 Å². The standard InChI is InChI=1S/C19H24FN3O.HI/c1-2-21-19(22-13-12-15-8-4-3-5-9-15)23-14-18(24)16-10-6-7-11-17(16)20;/h3-11,18,24H,2,12-14H2,1H3,(H2,21,22,23);1H. The molecule has 25 heavy (non-hydrogen) atoms. The van der Waals surface area contributed by atoms with Gasteiger partial charge in [-0.05, 0) is 25.0 Å². The Bertz CT molecular complexity index is 652. The van der Waals surface area contributed by atoms with Gasteiger partial charge >= 0.3 is 0 Å². The normalized spacial score (nSPS) is 12.2. The van der Waals surface area contributed by atoms with Crippen LogP contribution in [0.15, 0.2) is 59.6 Å². The van der Waals surface area contributed by atoms with Crippen LogP contribution in [0, 0.1) is 5.82 Å². The summed E-state index contributed by atoms with van der Waals surface area (Å²) in [5.74, 6) is 0.200. The quantitative estimate of drug-likeness (QED) is 0.340. The van der Waals surface area contributed by atoms with Gasteiger partial charge in [0, 0.05) is 18.7 Å². The van der Waals surface area contributed by atoms with Gasteiger partial charge in [-0.1, -0.05) is 48.5 Å². The maximum atomic E-state index is 13.7. The Morgan fingerprint density at radius 3 is 2.44 bits per heavy atom. The number of hydrogen-bond acceptors (Lipinski definition) is 2. The first-order chi connectivity index (χ1) is 11.7. The molecule has 0 radical (unpaired) electrons. The Morgan fingerprint density at radius 1 is 1.08 bits per heavy atom. The predicted molar refractivity (Wildman–Crippen MR) is 111 cm³/mol. The van der Waals surface area contributed by atoms with E-state index in [1.807, 2.05) is 25.1 Å². The fourth-order valence-corrected chi connectivity index (χ4v) is 2.33. The molecule has 0 heterocycles. The average molecular weight is 457 g/mol. The van der Waals surface area contributed by atoms with Crippen molar-refractivity contribution < 1.29 is 9.50 Å². The topological polar surface area (TPSA) is 56.7 Å². The summed E-state index contributed by atoms with van der Waals surface area (Å²) < 4.78 is 13.7. The van der Waals surface area contributed by atoms with Gasteiger partial charge in [0.15, 0.2) is 5.96 Å². The smallest absolute Gasteiger partial charge is 0.191 e. The Hall–Kier alpha value is -1.67. The molecule has 2 aromatic carbocycles. The molecule has 1 atom stereocenters. The molecule has 6 heteroatoms. The number of hydrogen-bond donors (Lipinski definition) is 3. The third kappa shape index (κ3) is 7.39. The van der Waals surface area contributed by atoms with E-state index in [1.54, 1.807) is 18.2 Å². The highest BCUT2D eigenvalue weighted by Crippen LogP contribution is 2.16. The van der Waals surface area contributed by atoms with Crippen molar-refractivity contribution >= 4 is 29.9 Å². The molecule has 0 aliphatic heterocycles. The molecule has 2 aromatic rings. The molecule has 0 saturated carbocycles. The highest BCUT2D eigenvalue weighted by Gasteiger charge is 2.11. The second kappa shape index (κ2) is 11.8. The first-order valence-electron chi connectivity index (χ1n) is 8.19. The van der Waals surface area contributed by atoms with Gasteiger partial charge in [0.05, 0.1) is 6.54 Å². The molecule has 0 aliphatic rings.